The third-order valence-electron chi connectivity index (χ3n) is 6.95. The lowest BCUT2D eigenvalue weighted by molar-refractivity contribution is -0.215. The summed E-state index contributed by atoms with van der Waals surface area (Å²) in [6.45, 7) is 1.81. The predicted molar refractivity (Wildman–Crippen MR) is 116 cm³/mol. The van der Waals surface area contributed by atoms with Crippen molar-refractivity contribution in [2.45, 2.75) is 75.3 Å². The van der Waals surface area contributed by atoms with Gasteiger partial charge in [0.2, 0.25) is 10.0 Å². The second-order valence-corrected chi connectivity index (χ2v) is 11.3. The van der Waals surface area contributed by atoms with Gasteiger partial charge < -0.3 is 5.32 Å². The SMILES string of the molecule is Cc1ccc(C2=C(C(=O)NS(=O)(=O)C3CC3)C(=O)NC(C3CCCCC3)(C(F)(F)F)C2)cc1. The van der Waals surface area contributed by atoms with Gasteiger partial charge in [0, 0.05) is 6.42 Å². The van der Waals surface area contributed by atoms with Gasteiger partial charge in [-0.2, -0.15) is 13.2 Å². The van der Waals surface area contributed by atoms with Crippen LogP contribution in [0, 0.1) is 12.8 Å². The smallest absolute Gasteiger partial charge is 0.337 e. The maximum absolute atomic E-state index is 14.6. The summed E-state index contributed by atoms with van der Waals surface area (Å²) in [5, 5.41) is 1.42. The van der Waals surface area contributed by atoms with E-state index in [4.69, 9.17) is 0 Å². The van der Waals surface area contributed by atoms with E-state index in [1.807, 2.05) is 11.6 Å². The van der Waals surface area contributed by atoms with Crippen molar-refractivity contribution >= 4 is 27.4 Å². The molecule has 0 saturated heterocycles. The predicted octanol–water partition coefficient (Wildman–Crippen LogP) is 3.76. The quantitative estimate of drug-likeness (QED) is 0.623. The highest BCUT2D eigenvalue weighted by Crippen LogP contribution is 2.50. The number of rotatable bonds is 5. The molecule has 0 aromatic heterocycles. The van der Waals surface area contributed by atoms with E-state index in [-0.39, 0.29) is 5.57 Å². The highest BCUT2D eigenvalue weighted by atomic mass is 32.2. The van der Waals surface area contributed by atoms with Gasteiger partial charge in [-0.3, -0.25) is 9.59 Å². The third kappa shape index (κ3) is 4.54. The molecule has 2 aliphatic carbocycles. The van der Waals surface area contributed by atoms with Crippen molar-refractivity contribution in [3.63, 3.8) is 0 Å². The topological polar surface area (TPSA) is 92.3 Å². The number of hydrogen-bond donors (Lipinski definition) is 2. The molecule has 4 rings (SSSR count). The van der Waals surface area contributed by atoms with Crippen LogP contribution in [-0.2, 0) is 19.6 Å². The van der Waals surface area contributed by atoms with Gasteiger partial charge in [0.1, 0.15) is 11.1 Å². The van der Waals surface area contributed by atoms with Crippen LogP contribution in [0.3, 0.4) is 0 Å². The van der Waals surface area contributed by atoms with E-state index in [1.54, 1.807) is 24.3 Å². The Balaban J connectivity index is 1.82. The Bertz CT molecular complexity index is 1090. The highest BCUT2D eigenvalue weighted by molar-refractivity contribution is 7.91. The Morgan fingerprint density at radius 3 is 2.21 bits per heavy atom. The molecule has 1 heterocycles. The van der Waals surface area contributed by atoms with E-state index in [1.165, 1.54) is 0 Å². The van der Waals surface area contributed by atoms with Crippen LogP contribution in [0.4, 0.5) is 13.2 Å². The minimum atomic E-state index is -4.75. The largest absolute Gasteiger partial charge is 0.412 e. The lowest BCUT2D eigenvalue weighted by Gasteiger charge is -2.47. The number of halogens is 3. The Labute approximate surface area is 191 Å². The van der Waals surface area contributed by atoms with E-state index in [9.17, 15) is 31.2 Å². The summed E-state index contributed by atoms with van der Waals surface area (Å²) in [4.78, 5) is 26.1. The van der Waals surface area contributed by atoms with Gasteiger partial charge in [0.15, 0.2) is 0 Å². The summed E-state index contributed by atoms with van der Waals surface area (Å²) in [6, 6.07) is 6.49. The van der Waals surface area contributed by atoms with Crippen LogP contribution >= 0.6 is 0 Å². The standard InChI is InChI=1S/C23H27F3N2O4S/c1-14-7-9-15(10-8-14)18-13-22(23(24,25)26,16-5-3-2-4-6-16)27-20(29)19(18)21(30)28-33(31,32)17-11-12-17/h7-10,16-17H,2-6,11-13H2,1H3,(H,27,29)(H,28,30). The van der Waals surface area contributed by atoms with Crippen LogP contribution in [0.5, 0.6) is 0 Å². The molecule has 2 saturated carbocycles. The lowest BCUT2D eigenvalue weighted by Crippen LogP contribution is -2.66. The average Bonchev–Trinajstić information content (AvgIpc) is 3.59. The van der Waals surface area contributed by atoms with Crippen molar-refractivity contribution in [2.24, 2.45) is 5.92 Å². The Hall–Kier alpha value is -2.36. The van der Waals surface area contributed by atoms with Gasteiger partial charge >= 0.3 is 6.18 Å². The molecule has 0 spiro atoms. The average molecular weight is 485 g/mol. The summed E-state index contributed by atoms with van der Waals surface area (Å²) < 4.78 is 70.3. The number of carbonyl (C=O) groups excluding carboxylic acids is 2. The van der Waals surface area contributed by atoms with Gasteiger partial charge in [-0.1, -0.05) is 49.1 Å². The number of amides is 2. The fourth-order valence-corrected chi connectivity index (χ4v) is 6.22. The summed E-state index contributed by atoms with van der Waals surface area (Å²) in [6.07, 6.45) is -1.83. The summed E-state index contributed by atoms with van der Waals surface area (Å²) in [5.74, 6) is -3.20. The van der Waals surface area contributed by atoms with Crippen molar-refractivity contribution in [1.29, 1.82) is 0 Å². The van der Waals surface area contributed by atoms with Crippen molar-refractivity contribution < 1.29 is 31.2 Å². The fraction of sp³-hybridized carbons (Fsp3) is 0.565. The normalized spacial score (nSPS) is 25.0. The molecule has 1 aromatic rings. The molecule has 10 heteroatoms. The van der Waals surface area contributed by atoms with E-state index in [0.717, 1.165) is 12.0 Å². The molecule has 0 radical (unpaired) electrons. The van der Waals surface area contributed by atoms with Crippen molar-refractivity contribution in [1.82, 2.24) is 10.0 Å². The number of carbonyl (C=O) groups is 2. The summed E-state index contributed by atoms with van der Waals surface area (Å²) in [7, 11) is -3.98. The Morgan fingerprint density at radius 2 is 1.67 bits per heavy atom. The molecule has 0 bridgehead atoms. The number of hydrogen-bond acceptors (Lipinski definition) is 4. The van der Waals surface area contributed by atoms with Crippen molar-refractivity contribution in [2.75, 3.05) is 0 Å². The maximum Gasteiger partial charge on any atom is 0.412 e. The van der Waals surface area contributed by atoms with Crippen LogP contribution in [0.15, 0.2) is 29.8 Å². The van der Waals surface area contributed by atoms with Gasteiger partial charge in [0.25, 0.3) is 11.8 Å². The van der Waals surface area contributed by atoms with Crippen LogP contribution in [0.1, 0.15) is 62.5 Å². The molecule has 2 amide bonds. The van der Waals surface area contributed by atoms with E-state index in [2.05, 4.69) is 5.32 Å². The molecule has 6 nitrogen and oxygen atoms in total. The monoisotopic (exact) mass is 484 g/mol. The van der Waals surface area contributed by atoms with Crippen LogP contribution in [-0.4, -0.2) is 37.2 Å². The van der Waals surface area contributed by atoms with E-state index >= 15 is 0 Å². The third-order valence-corrected chi connectivity index (χ3v) is 8.77. The van der Waals surface area contributed by atoms with Gasteiger partial charge in [0.05, 0.1) is 5.25 Å². The van der Waals surface area contributed by atoms with Gasteiger partial charge in [-0.25, -0.2) is 13.1 Å². The molecule has 1 atom stereocenters. The Morgan fingerprint density at radius 1 is 1.06 bits per heavy atom. The molecular weight excluding hydrogens is 457 g/mol. The van der Waals surface area contributed by atoms with E-state index < -0.39 is 56.7 Å². The van der Waals surface area contributed by atoms with Gasteiger partial charge in [-0.15, -0.1) is 0 Å². The van der Waals surface area contributed by atoms with Crippen molar-refractivity contribution in [3.8, 4) is 0 Å². The first-order chi connectivity index (χ1) is 15.4. The number of nitrogens with one attached hydrogen (secondary N) is 2. The summed E-state index contributed by atoms with van der Waals surface area (Å²) in [5.41, 5.74) is -2.00. The fourth-order valence-electron chi connectivity index (χ4n) is 4.94. The zero-order valence-electron chi connectivity index (χ0n) is 18.3. The first-order valence-electron chi connectivity index (χ1n) is 11.2. The van der Waals surface area contributed by atoms with Gasteiger partial charge in [-0.05, 0) is 49.7 Å². The highest BCUT2D eigenvalue weighted by Gasteiger charge is 2.62. The zero-order chi connectivity index (χ0) is 24.0. The minimum Gasteiger partial charge on any atom is -0.337 e. The summed E-state index contributed by atoms with van der Waals surface area (Å²) >= 11 is 0. The molecule has 1 aliphatic heterocycles. The minimum absolute atomic E-state index is 0.0786. The number of alkyl halides is 3. The van der Waals surface area contributed by atoms with Crippen molar-refractivity contribution in [3.05, 3.63) is 41.0 Å². The first-order valence-corrected chi connectivity index (χ1v) is 12.7. The molecular formula is C23H27F3N2O4S. The Kier molecular flexibility index (Phi) is 6.09. The molecule has 2 fully saturated rings. The number of sulfonamides is 1. The first kappa shape index (κ1) is 23.8. The van der Waals surface area contributed by atoms with Crippen LogP contribution < -0.4 is 10.0 Å². The molecule has 1 unspecified atom stereocenters. The molecule has 1 aromatic carbocycles. The number of aryl methyl sites for hydroxylation is 1. The molecule has 3 aliphatic rings. The lowest BCUT2D eigenvalue weighted by atomic mass is 9.68. The molecule has 2 N–H and O–H groups in total. The zero-order valence-corrected chi connectivity index (χ0v) is 19.1. The maximum atomic E-state index is 14.6. The molecule has 180 valence electrons. The van der Waals surface area contributed by atoms with E-state index in [0.29, 0.717) is 44.1 Å². The van der Waals surface area contributed by atoms with Crippen LogP contribution in [0.2, 0.25) is 0 Å². The number of benzene rings is 1. The van der Waals surface area contributed by atoms with Crippen LogP contribution in [0.25, 0.3) is 5.57 Å². The molecule has 33 heavy (non-hydrogen) atoms. The second kappa shape index (κ2) is 8.45. The second-order valence-electron chi connectivity index (χ2n) is 9.33.